The molecule has 2 aliphatic rings. The van der Waals surface area contributed by atoms with Gasteiger partial charge < -0.3 is 9.30 Å². The molecule has 5 heterocycles. The van der Waals surface area contributed by atoms with Crippen LogP contribution in [0.3, 0.4) is 0 Å². The Morgan fingerprint density at radius 1 is 1.21 bits per heavy atom. The van der Waals surface area contributed by atoms with Crippen molar-refractivity contribution in [3.63, 3.8) is 0 Å². The number of aryl methyl sites for hydroxylation is 1. The van der Waals surface area contributed by atoms with Gasteiger partial charge in [-0.2, -0.15) is 10.2 Å². The van der Waals surface area contributed by atoms with Gasteiger partial charge in [-0.15, -0.1) is 0 Å². The predicted molar refractivity (Wildman–Crippen MR) is 109 cm³/mol. The van der Waals surface area contributed by atoms with E-state index in [0.29, 0.717) is 5.02 Å². The standard InChI is InChI=1S/C21H19ClN6O/c1-26-10-13-7-18-21(14-9-24-28(11-14)19-3-2-6-29-19)23-12-27(18)17-5-4-15(22)8-16(17)20(13)25-26/h4-5,8-12,19H,2-3,6-7H2,1H3. The number of aromatic nitrogens is 6. The van der Waals surface area contributed by atoms with E-state index in [1.165, 1.54) is 0 Å². The first kappa shape index (κ1) is 17.0. The van der Waals surface area contributed by atoms with E-state index in [-0.39, 0.29) is 6.23 Å². The summed E-state index contributed by atoms with van der Waals surface area (Å²) in [6.45, 7) is 0.795. The number of imidazole rings is 1. The first-order valence-electron chi connectivity index (χ1n) is 9.72. The zero-order chi connectivity index (χ0) is 19.5. The van der Waals surface area contributed by atoms with Crippen LogP contribution in [0.5, 0.6) is 0 Å². The first-order chi connectivity index (χ1) is 14.2. The van der Waals surface area contributed by atoms with Crippen LogP contribution in [0.15, 0.2) is 43.1 Å². The highest BCUT2D eigenvalue weighted by molar-refractivity contribution is 6.31. The SMILES string of the molecule is Cn1cc2c(n1)-c1cc(Cl)ccc1-n1cnc(-c3cnn(C4CCCO4)c3)c1C2. The Morgan fingerprint density at radius 3 is 3.00 bits per heavy atom. The van der Waals surface area contributed by atoms with Crippen molar-refractivity contribution in [1.29, 1.82) is 0 Å². The average Bonchev–Trinajstić information content (AvgIpc) is 3.47. The van der Waals surface area contributed by atoms with Crippen molar-refractivity contribution in [2.75, 3.05) is 6.61 Å². The molecule has 1 aromatic carbocycles. The number of halogens is 1. The van der Waals surface area contributed by atoms with E-state index in [9.17, 15) is 0 Å². The molecule has 1 fully saturated rings. The lowest BCUT2D eigenvalue weighted by Gasteiger charge is -2.10. The van der Waals surface area contributed by atoms with E-state index in [2.05, 4.69) is 15.9 Å². The highest BCUT2D eigenvalue weighted by atomic mass is 35.5. The molecule has 29 heavy (non-hydrogen) atoms. The number of fused-ring (bicyclic) bond motifs is 5. The number of nitrogens with zero attached hydrogens (tertiary/aromatic N) is 6. The molecule has 0 amide bonds. The summed E-state index contributed by atoms with van der Waals surface area (Å²) in [5, 5.41) is 9.94. The first-order valence-corrected chi connectivity index (χ1v) is 10.1. The van der Waals surface area contributed by atoms with Crippen molar-refractivity contribution in [3.8, 4) is 28.2 Å². The van der Waals surface area contributed by atoms with Crippen molar-refractivity contribution in [2.24, 2.45) is 7.05 Å². The van der Waals surface area contributed by atoms with Gasteiger partial charge in [0.05, 0.1) is 29.0 Å². The van der Waals surface area contributed by atoms with Gasteiger partial charge in [0.15, 0.2) is 0 Å². The molecule has 3 aromatic heterocycles. The minimum Gasteiger partial charge on any atom is -0.357 e. The summed E-state index contributed by atoms with van der Waals surface area (Å²) in [7, 11) is 1.95. The molecule has 1 saturated heterocycles. The van der Waals surface area contributed by atoms with Crippen LogP contribution in [-0.2, 0) is 18.2 Å². The Labute approximate surface area is 172 Å². The van der Waals surface area contributed by atoms with Gasteiger partial charge in [0, 0.05) is 54.2 Å². The summed E-state index contributed by atoms with van der Waals surface area (Å²) in [5.41, 5.74) is 7.23. The summed E-state index contributed by atoms with van der Waals surface area (Å²) < 4.78 is 11.7. The largest absolute Gasteiger partial charge is 0.357 e. The summed E-state index contributed by atoms with van der Waals surface area (Å²) in [4.78, 5) is 4.76. The van der Waals surface area contributed by atoms with Gasteiger partial charge in [0.2, 0.25) is 0 Å². The lowest BCUT2D eigenvalue weighted by molar-refractivity contribution is 0.0468. The second-order valence-electron chi connectivity index (χ2n) is 7.60. The van der Waals surface area contributed by atoms with E-state index < -0.39 is 0 Å². The Kier molecular flexibility index (Phi) is 3.69. The van der Waals surface area contributed by atoms with Gasteiger partial charge in [0.25, 0.3) is 0 Å². The molecule has 0 aliphatic carbocycles. The minimum absolute atomic E-state index is 0.0257. The third kappa shape index (κ3) is 2.65. The van der Waals surface area contributed by atoms with Crippen LogP contribution in [0.4, 0.5) is 0 Å². The quantitative estimate of drug-likeness (QED) is 0.444. The molecule has 8 heteroatoms. The fraction of sp³-hybridized carbons (Fsp3) is 0.286. The van der Waals surface area contributed by atoms with Gasteiger partial charge in [-0.3, -0.25) is 4.68 Å². The summed E-state index contributed by atoms with van der Waals surface area (Å²) in [5.74, 6) is 0. The third-order valence-corrected chi connectivity index (χ3v) is 5.91. The molecule has 0 bridgehead atoms. The summed E-state index contributed by atoms with van der Waals surface area (Å²) in [6, 6.07) is 5.92. The highest BCUT2D eigenvalue weighted by Gasteiger charge is 2.26. The molecular formula is C21H19ClN6O. The molecule has 0 radical (unpaired) electrons. The van der Waals surface area contributed by atoms with Crippen LogP contribution in [0, 0.1) is 0 Å². The van der Waals surface area contributed by atoms with Crippen molar-refractivity contribution >= 4 is 11.6 Å². The maximum atomic E-state index is 6.31. The monoisotopic (exact) mass is 406 g/mol. The molecule has 0 saturated carbocycles. The van der Waals surface area contributed by atoms with E-state index in [4.69, 9.17) is 26.4 Å². The Hall–Kier alpha value is -2.90. The summed E-state index contributed by atoms with van der Waals surface area (Å²) >= 11 is 6.31. The normalized spacial score (nSPS) is 17.7. The second kappa shape index (κ2) is 6.30. The number of hydrogen-bond donors (Lipinski definition) is 0. The van der Waals surface area contributed by atoms with Crippen molar-refractivity contribution in [3.05, 3.63) is 59.4 Å². The fourth-order valence-electron chi connectivity index (χ4n) is 4.36. The molecule has 0 N–H and O–H groups in total. The molecule has 6 rings (SSSR count). The molecule has 0 spiro atoms. The van der Waals surface area contributed by atoms with Crippen LogP contribution in [0.25, 0.3) is 28.2 Å². The number of rotatable bonds is 2. The fourth-order valence-corrected chi connectivity index (χ4v) is 4.53. The van der Waals surface area contributed by atoms with E-state index in [1.54, 1.807) is 0 Å². The number of ether oxygens (including phenoxy) is 1. The van der Waals surface area contributed by atoms with E-state index >= 15 is 0 Å². The molecule has 1 unspecified atom stereocenters. The maximum Gasteiger partial charge on any atom is 0.150 e. The van der Waals surface area contributed by atoms with Gasteiger partial charge >= 0.3 is 0 Å². The molecule has 1 atom stereocenters. The highest BCUT2D eigenvalue weighted by Crippen LogP contribution is 2.38. The van der Waals surface area contributed by atoms with Crippen molar-refractivity contribution in [2.45, 2.75) is 25.5 Å². The molecular weight excluding hydrogens is 388 g/mol. The van der Waals surface area contributed by atoms with Gasteiger partial charge in [-0.25, -0.2) is 9.67 Å². The Bertz CT molecular complexity index is 1230. The number of benzene rings is 1. The van der Waals surface area contributed by atoms with Crippen molar-refractivity contribution in [1.82, 2.24) is 29.1 Å². The lowest BCUT2D eigenvalue weighted by atomic mass is 10.0. The van der Waals surface area contributed by atoms with Crippen molar-refractivity contribution < 1.29 is 4.74 Å². The van der Waals surface area contributed by atoms with Gasteiger partial charge in [-0.05, 0) is 31.0 Å². The van der Waals surface area contributed by atoms with Crippen LogP contribution in [-0.4, -0.2) is 35.7 Å². The van der Waals surface area contributed by atoms with Crippen LogP contribution < -0.4 is 0 Å². The number of hydrogen-bond acceptors (Lipinski definition) is 4. The molecule has 2 aliphatic heterocycles. The summed E-state index contributed by atoms with van der Waals surface area (Å²) in [6.07, 6.45) is 10.7. The lowest BCUT2D eigenvalue weighted by Crippen LogP contribution is -2.07. The second-order valence-corrected chi connectivity index (χ2v) is 8.04. The Balaban J connectivity index is 1.51. The van der Waals surface area contributed by atoms with Crippen LogP contribution >= 0.6 is 11.6 Å². The molecule has 146 valence electrons. The molecule has 7 nitrogen and oxygen atoms in total. The third-order valence-electron chi connectivity index (χ3n) is 5.68. The zero-order valence-electron chi connectivity index (χ0n) is 15.9. The Morgan fingerprint density at radius 2 is 2.14 bits per heavy atom. The van der Waals surface area contributed by atoms with Crippen LogP contribution in [0.2, 0.25) is 5.02 Å². The predicted octanol–water partition coefficient (Wildman–Crippen LogP) is 4.00. The van der Waals surface area contributed by atoms with Crippen LogP contribution in [0.1, 0.15) is 30.3 Å². The smallest absolute Gasteiger partial charge is 0.150 e. The zero-order valence-corrected chi connectivity index (χ0v) is 16.7. The maximum absolute atomic E-state index is 6.31. The molecule has 4 aromatic rings. The van der Waals surface area contributed by atoms with E-state index in [0.717, 1.165) is 65.3 Å². The topological polar surface area (TPSA) is 62.7 Å². The average molecular weight is 407 g/mol. The van der Waals surface area contributed by atoms with Gasteiger partial charge in [-0.1, -0.05) is 11.6 Å². The van der Waals surface area contributed by atoms with Gasteiger partial charge in [0.1, 0.15) is 12.6 Å². The van der Waals surface area contributed by atoms with E-state index in [1.807, 2.05) is 53.3 Å². The minimum atomic E-state index is 0.0257.